The molecule has 0 atom stereocenters. The Labute approximate surface area is 75.3 Å². The standard InChI is InChI=1S/C4H3O.H4O4Si.W/c1-2-4-5-3-1;1-5(2,3)4;/h1-3H;1-4H;. The van der Waals surface area contributed by atoms with Gasteiger partial charge in [-0.05, 0) is 0 Å². The van der Waals surface area contributed by atoms with E-state index in [0.29, 0.717) is 0 Å². The van der Waals surface area contributed by atoms with E-state index < -0.39 is 9.05 Å². The molecule has 0 radical (unpaired) electrons. The molecule has 11 heavy (non-hydrogen) atoms. The molecule has 0 spiro atoms. The van der Waals surface area contributed by atoms with Crippen molar-refractivity contribution >= 4 is 13.2 Å². The van der Waals surface area contributed by atoms with Gasteiger partial charge in [-0.2, -0.15) is 0 Å². The van der Waals surface area contributed by atoms with E-state index in [2.05, 4.69) is 0 Å². The molecule has 1 rings (SSSR count). The second kappa shape index (κ2) is 4.81. The van der Waals surface area contributed by atoms with Gasteiger partial charge >= 0.3 is 55.8 Å². The molecule has 0 aromatic carbocycles. The van der Waals surface area contributed by atoms with Crippen LogP contribution in [0.3, 0.4) is 0 Å². The molecule has 0 bridgehead atoms. The Morgan fingerprint density at radius 1 is 1.27 bits per heavy atom. The van der Waals surface area contributed by atoms with E-state index >= 15 is 0 Å². The number of rotatable bonds is 0. The molecular weight excluding hydrogens is 340 g/mol. The SMILES string of the molecule is O[Si](O)(O)O.[W][c]1ccco1. The minimum atomic E-state index is -4.61. The molecule has 0 saturated carbocycles. The summed E-state index contributed by atoms with van der Waals surface area (Å²) in [6, 6.07) is 3.84. The second-order valence-electron chi connectivity index (χ2n) is 1.53. The monoisotopic (exact) mass is 347 g/mol. The first-order chi connectivity index (χ1) is 4.89. The summed E-state index contributed by atoms with van der Waals surface area (Å²) < 4.78 is 5.92. The minimum absolute atomic E-state index is 1.05. The summed E-state index contributed by atoms with van der Waals surface area (Å²) in [4.78, 5) is 29.3. The summed E-state index contributed by atoms with van der Waals surface area (Å²) in [6.45, 7) is 0. The summed E-state index contributed by atoms with van der Waals surface area (Å²) in [5, 5.41) is 0. The molecular formula is C4H7O5SiW. The van der Waals surface area contributed by atoms with Crippen molar-refractivity contribution in [3.8, 4) is 0 Å². The van der Waals surface area contributed by atoms with Crippen LogP contribution in [0.25, 0.3) is 0 Å². The molecule has 7 heteroatoms. The third-order valence-corrected chi connectivity index (χ3v) is 1.33. The molecule has 0 aliphatic rings. The fraction of sp³-hybridized carbons (Fsp3) is 0. The van der Waals surface area contributed by atoms with Crippen LogP contribution in [0.15, 0.2) is 22.8 Å². The Morgan fingerprint density at radius 2 is 1.73 bits per heavy atom. The van der Waals surface area contributed by atoms with Gasteiger partial charge < -0.3 is 19.2 Å². The van der Waals surface area contributed by atoms with Gasteiger partial charge in [0.05, 0.1) is 0 Å². The first-order valence-corrected chi connectivity index (χ1v) is 5.75. The van der Waals surface area contributed by atoms with Gasteiger partial charge in [-0.15, -0.1) is 0 Å². The molecule has 0 fully saturated rings. The van der Waals surface area contributed by atoms with Crippen LogP contribution in [0.2, 0.25) is 0 Å². The average Bonchev–Trinajstić information content (AvgIpc) is 2.12. The second-order valence-corrected chi connectivity index (χ2v) is 4.18. The van der Waals surface area contributed by atoms with E-state index in [1.54, 1.807) is 6.26 Å². The van der Waals surface area contributed by atoms with Crippen molar-refractivity contribution in [2.75, 3.05) is 0 Å². The van der Waals surface area contributed by atoms with Gasteiger partial charge in [0.25, 0.3) is 0 Å². The quantitative estimate of drug-likeness (QED) is 0.402. The van der Waals surface area contributed by atoms with Crippen molar-refractivity contribution in [1.29, 1.82) is 0 Å². The van der Waals surface area contributed by atoms with Gasteiger partial charge in [0, 0.05) is 0 Å². The third kappa shape index (κ3) is 13.1. The Kier molecular flexibility index (Phi) is 4.82. The summed E-state index contributed by atoms with van der Waals surface area (Å²) in [5.41, 5.74) is 0. The molecule has 1 heterocycles. The first-order valence-electron chi connectivity index (χ1n) is 2.49. The van der Waals surface area contributed by atoms with Crippen molar-refractivity contribution in [2.45, 2.75) is 0 Å². The Morgan fingerprint density at radius 3 is 1.82 bits per heavy atom. The topological polar surface area (TPSA) is 94.1 Å². The molecule has 0 aliphatic carbocycles. The van der Waals surface area contributed by atoms with Crippen LogP contribution in [0.5, 0.6) is 0 Å². The van der Waals surface area contributed by atoms with Crippen molar-refractivity contribution in [3.63, 3.8) is 0 Å². The first kappa shape index (κ1) is 11.0. The van der Waals surface area contributed by atoms with Crippen molar-refractivity contribution < 1.29 is 43.4 Å². The summed E-state index contributed by atoms with van der Waals surface area (Å²) in [7, 11) is -4.61. The molecule has 0 aliphatic heterocycles. The van der Waals surface area contributed by atoms with Gasteiger partial charge in [-0.3, -0.25) is 0 Å². The van der Waals surface area contributed by atoms with Crippen LogP contribution in [0.1, 0.15) is 0 Å². The summed E-state index contributed by atoms with van der Waals surface area (Å²) in [5.74, 6) is 0. The van der Waals surface area contributed by atoms with Crippen molar-refractivity contribution in [3.05, 3.63) is 18.4 Å². The van der Waals surface area contributed by atoms with E-state index in [-0.39, 0.29) is 0 Å². The van der Waals surface area contributed by atoms with Gasteiger partial charge in [-0.25, -0.2) is 0 Å². The predicted octanol–water partition coefficient (Wildman–Crippen LogP) is -2.16. The molecule has 5 nitrogen and oxygen atoms in total. The number of hydrogen-bond donors (Lipinski definition) is 4. The Hall–Kier alpha value is 0.0252. The fourth-order valence-electron chi connectivity index (χ4n) is 0.263. The van der Waals surface area contributed by atoms with Crippen LogP contribution in [0.4, 0.5) is 0 Å². The molecule has 0 saturated heterocycles. The van der Waals surface area contributed by atoms with Crippen LogP contribution < -0.4 is 4.15 Å². The zero-order valence-electron chi connectivity index (χ0n) is 5.34. The molecule has 1 aromatic heterocycles. The summed E-state index contributed by atoms with van der Waals surface area (Å²) in [6.07, 6.45) is 1.68. The fourth-order valence-corrected chi connectivity index (χ4v) is 0.745. The van der Waals surface area contributed by atoms with Crippen molar-refractivity contribution in [2.24, 2.45) is 0 Å². The van der Waals surface area contributed by atoms with E-state index in [9.17, 15) is 0 Å². The Bertz CT molecular complexity index is 175. The van der Waals surface area contributed by atoms with Gasteiger partial charge in [0.2, 0.25) is 0 Å². The average molecular weight is 347 g/mol. The van der Waals surface area contributed by atoms with Crippen LogP contribution in [-0.2, 0) is 19.8 Å². The zero-order chi connectivity index (χ0) is 8.91. The predicted molar refractivity (Wildman–Crippen MR) is 33.0 cm³/mol. The van der Waals surface area contributed by atoms with E-state index in [4.69, 9.17) is 23.6 Å². The molecule has 1 aromatic rings. The van der Waals surface area contributed by atoms with Gasteiger partial charge in [-0.1, -0.05) is 0 Å². The Balaban J connectivity index is 0.000000187. The van der Waals surface area contributed by atoms with Crippen LogP contribution >= 0.6 is 0 Å². The molecule has 0 unspecified atom stereocenters. The van der Waals surface area contributed by atoms with E-state index in [1.807, 2.05) is 12.1 Å². The van der Waals surface area contributed by atoms with Crippen LogP contribution in [0, 0.1) is 0 Å². The molecule has 63 valence electrons. The normalized spacial score (nSPS) is 10.2. The van der Waals surface area contributed by atoms with Gasteiger partial charge in [0.15, 0.2) is 0 Å². The number of furan rings is 1. The van der Waals surface area contributed by atoms with Gasteiger partial charge in [0.1, 0.15) is 0 Å². The van der Waals surface area contributed by atoms with Crippen molar-refractivity contribution in [1.82, 2.24) is 0 Å². The zero-order valence-corrected chi connectivity index (χ0v) is 9.27. The van der Waals surface area contributed by atoms with E-state index in [1.165, 1.54) is 19.8 Å². The molecule has 0 amide bonds. The maximum absolute atomic E-state index is 7.33. The molecule has 4 N–H and O–H groups in total. The maximum atomic E-state index is 7.33. The summed E-state index contributed by atoms with van der Waals surface area (Å²) >= 11 is 1.38. The van der Waals surface area contributed by atoms with E-state index in [0.717, 1.165) is 4.15 Å². The third-order valence-electron chi connectivity index (χ3n) is 0.495. The number of hydrogen-bond acceptors (Lipinski definition) is 5. The van der Waals surface area contributed by atoms with Crippen LogP contribution in [-0.4, -0.2) is 28.2 Å².